The smallest absolute Gasteiger partial charge is 0.0699 e. The lowest BCUT2D eigenvalue weighted by atomic mass is 10.5. The fraction of sp³-hybridized carbons (Fsp3) is 1.00. The molecule has 0 N–H and O–H groups in total. The average Bonchev–Trinajstić information content (AvgIpc) is 2.34. The number of hydrogen-bond acceptors (Lipinski definition) is 4. The van der Waals surface area contributed by atoms with Crippen LogP contribution < -0.4 is 0 Å². The third-order valence-corrected chi connectivity index (χ3v) is 3.63. The summed E-state index contributed by atoms with van der Waals surface area (Å²) in [5.41, 5.74) is 0. The van der Waals surface area contributed by atoms with Crippen LogP contribution in [0.4, 0.5) is 0 Å². The number of thioether (sulfide) groups is 1. The molecule has 0 amide bonds. The van der Waals surface area contributed by atoms with E-state index in [9.17, 15) is 0 Å². The lowest BCUT2D eigenvalue weighted by molar-refractivity contribution is 0.255. The predicted molar refractivity (Wildman–Crippen MR) is 54.8 cm³/mol. The number of nitrogens with zero attached hydrogens (tertiary/aromatic N) is 2. The van der Waals surface area contributed by atoms with Crippen LogP contribution in [-0.2, 0) is 0 Å². The largest absolute Gasteiger partial charge is 0.277 e. The molecule has 2 nitrogen and oxygen atoms in total. The average molecular weight is 192 g/mol. The molecule has 1 unspecified atom stereocenters. The zero-order valence-corrected chi connectivity index (χ0v) is 9.04. The molecule has 1 saturated heterocycles. The summed E-state index contributed by atoms with van der Waals surface area (Å²) >= 11 is 3.76. The van der Waals surface area contributed by atoms with E-state index >= 15 is 0 Å². The van der Waals surface area contributed by atoms with Gasteiger partial charge >= 0.3 is 0 Å². The van der Waals surface area contributed by atoms with Gasteiger partial charge in [0.2, 0.25) is 0 Å². The molecule has 0 radical (unpaired) electrons. The Kier molecular flexibility index (Phi) is 4.06. The quantitative estimate of drug-likeness (QED) is 0.626. The van der Waals surface area contributed by atoms with Crippen molar-refractivity contribution in [3.63, 3.8) is 0 Å². The molecule has 1 heterocycles. The monoisotopic (exact) mass is 192 g/mol. The van der Waals surface area contributed by atoms with Gasteiger partial charge in [-0.25, -0.2) is 4.31 Å². The van der Waals surface area contributed by atoms with Crippen molar-refractivity contribution in [3.8, 4) is 0 Å². The molecule has 11 heavy (non-hydrogen) atoms. The Balaban J connectivity index is 2.35. The summed E-state index contributed by atoms with van der Waals surface area (Å²) in [7, 11) is 0. The van der Waals surface area contributed by atoms with Gasteiger partial charge in [0, 0.05) is 19.0 Å². The second-order valence-electron chi connectivity index (χ2n) is 2.69. The molecule has 66 valence electrons. The summed E-state index contributed by atoms with van der Waals surface area (Å²) in [6.45, 7) is 4.71. The van der Waals surface area contributed by atoms with Crippen LogP contribution in [0.3, 0.4) is 0 Å². The fourth-order valence-electron chi connectivity index (χ4n) is 1.36. The maximum atomic E-state index is 2.50. The maximum Gasteiger partial charge on any atom is 0.0699 e. The first-order valence-corrected chi connectivity index (χ1v) is 6.41. The van der Waals surface area contributed by atoms with Crippen LogP contribution in [0.15, 0.2) is 0 Å². The normalized spacial score (nSPS) is 28.1. The molecule has 1 atom stereocenters. The fourth-order valence-corrected chi connectivity index (χ4v) is 2.74. The first-order chi connectivity index (χ1) is 5.29. The van der Waals surface area contributed by atoms with Crippen LogP contribution in [-0.4, -0.2) is 46.8 Å². The summed E-state index contributed by atoms with van der Waals surface area (Å²) in [5, 5.41) is 0. The number of hydrogen-bond donors (Lipinski definition) is 0. The van der Waals surface area contributed by atoms with E-state index < -0.39 is 0 Å². The van der Waals surface area contributed by atoms with Crippen LogP contribution in [0.1, 0.15) is 6.92 Å². The minimum atomic E-state index is 0.623. The first-order valence-electron chi connectivity index (χ1n) is 3.83. The van der Waals surface area contributed by atoms with Gasteiger partial charge in [-0.05, 0) is 19.4 Å². The molecule has 1 fully saturated rings. The Hall–Kier alpha value is 0.620. The second kappa shape index (κ2) is 4.60. The van der Waals surface area contributed by atoms with E-state index in [0.29, 0.717) is 6.17 Å². The van der Waals surface area contributed by atoms with Crippen LogP contribution in [0.5, 0.6) is 0 Å². The summed E-state index contributed by atoms with van der Waals surface area (Å²) in [6, 6.07) is 0. The van der Waals surface area contributed by atoms with Gasteiger partial charge in [0.15, 0.2) is 0 Å². The third-order valence-electron chi connectivity index (χ3n) is 2.08. The molecule has 0 aromatic carbocycles. The van der Waals surface area contributed by atoms with E-state index in [2.05, 4.69) is 28.6 Å². The Labute approximate surface area is 77.8 Å². The molecule has 1 rings (SSSR count). The van der Waals surface area contributed by atoms with Gasteiger partial charge in [-0.15, -0.1) is 11.8 Å². The van der Waals surface area contributed by atoms with Crippen molar-refractivity contribution < 1.29 is 0 Å². The highest BCUT2D eigenvalue weighted by molar-refractivity contribution is 7.98. The zero-order valence-electron chi connectivity index (χ0n) is 7.41. The lowest BCUT2D eigenvalue weighted by Crippen LogP contribution is -2.32. The lowest BCUT2D eigenvalue weighted by Gasteiger charge is -2.23. The molecule has 0 aromatic heterocycles. The maximum absolute atomic E-state index is 2.50. The van der Waals surface area contributed by atoms with Gasteiger partial charge in [-0.1, -0.05) is 11.9 Å². The summed E-state index contributed by atoms with van der Waals surface area (Å²) in [4.78, 5) is 2.50. The van der Waals surface area contributed by atoms with Crippen molar-refractivity contribution in [1.82, 2.24) is 9.21 Å². The summed E-state index contributed by atoms with van der Waals surface area (Å²) in [6.07, 6.45) is 4.94. The molecule has 1 aliphatic heterocycles. The molecule has 0 spiro atoms. The second-order valence-corrected chi connectivity index (χ2v) is 4.35. The predicted octanol–water partition coefficient (Wildman–Crippen LogP) is 1.55. The highest BCUT2D eigenvalue weighted by Gasteiger charge is 2.26. The van der Waals surface area contributed by atoms with Crippen LogP contribution in [0.25, 0.3) is 0 Å². The Bertz CT molecular complexity index is 121. The topological polar surface area (TPSA) is 6.48 Å². The van der Waals surface area contributed by atoms with E-state index in [4.69, 9.17) is 0 Å². The van der Waals surface area contributed by atoms with E-state index in [0.717, 1.165) is 5.88 Å². The van der Waals surface area contributed by atoms with E-state index in [1.165, 1.54) is 13.1 Å². The van der Waals surface area contributed by atoms with Gasteiger partial charge in [0.25, 0.3) is 0 Å². The van der Waals surface area contributed by atoms with Crippen molar-refractivity contribution in [2.45, 2.75) is 13.1 Å². The van der Waals surface area contributed by atoms with Crippen molar-refractivity contribution in [1.29, 1.82) is 0 Å². The van der Waals surface area contributed by atoms with Gasteiger partial charge in [0.1, 0.15) is 0 Å². The van der Waals surface area contributed by atoms with Crippen molar-refractivity contribution in [2.24, 2.45) is 0 Å². The number of rotatable bonds is 3. The molecule has 0 saturated carbocycles. The van der Waals surface area contributed by atoms with Gasteiger partial charge < -0.3 is 0 Å². The van der Waals surface area contributed by atoms with Gasteiger partial charge in [-0.2, -0.15) is 0 Å². The molecular formula is C7H16N2S2. The van der Waals surface area contributed by atoms with Crippen molar-refractivity contribution >= 4 is 23.7 Å². The Morgan fingerprint density at radius 1 is 1.36 bits per heavy atom. The van der Waals surface area contributed by atoms with Crippen molar-refractivity contribution in [2.75, 3.05) is 31.5 Å². The molecule has 4 heteroatoms. The van der Waals surface area contributed by atoms with Crippen molar-refractivity contribution in [3.05, 3.63) is 0 Å². The third kappa shape index (κ3) is 2.28. The molecule has 1 aliphatic rings. The Morgan fingerprint density at radius 2 is 2.09 bits per heavy atom. The first kappa shape index (κ1) is 9.71. The minimum absolute atomic E-state index is 0.623. The molecule has 0 aromatic rings. The highest BCUT2D eigenvalue weighted by Crippen LogP contribution is 2.21. The zero-order chi connectivity index (χ0) is 8.27. The minimum Gasteiger partial charge on any atom is -0.277 e. The van der Waals surface area contributed by atoms with E-state index in [1.54, 1.807) is 0 Å². The molecule has 0 aliphatic carbocycles. The highest BCUT2D eigenvalue weighted by atomic mass is 32.2. The van der Waals surface area contributed by atoms with Crippen LogP contribution in [0, 0.1) is 0 Å². The summed E-state index contributed by atoms with van der Waals surface area (Å²) in [5.74, 6) is 1.16. The van der Waals surface area contributed by atoms with Crippen LogP contribution in [0.2, 0.25) is 0 Å². The SMILES string of the molecule is CSCN1CCN(SC)C1C. The van der Waals surface area contributed by atoms with Gasteiger partial charge in [-0.3, -0.25) is 4.90 Å². The summed E-state index contributed by atoms with van der Waals surface area (Å²) < 4.78 is 2.43. The van der Waals surface area contributed by atoms with E-state index in [1.807, 2.05) is 23.7 Å². The molecule has 0 bridgehead atoms. The molecular weight excluding hydrogens is 176 g/mol. The van der Waals surface area contributed by atoms with E-state index in [-0.39, 0.29) is 0 Å². The van der Waals surface area contributed by atoms with Crippen LogP contribution >= 0.6 is 23.7 Å². The standard InChI is InChI=1S/C7H16N2S2/c1-7-8(6-10-2)4-5-9(7)11-3/h7H,4-6H2,1-3H3. The van der Waals surface area contributed by atoms with Gasteiger partial charge in [0.05, 0.1) is 6.17 Å². The Morgan fingerprint density at radius 3 is 2.55 bits per heavy atom.